The number of hydrogen-bond donors (Lipinski definition) is 1. The van der Waals surface area contributed by atoms with Crippen molar-refractivity contribution < 1.29 is 13.2 Å². The van der Waals surface area contributed by atoms with Gasteiger partial charge in [-0.25, -0.2) is 8.42 Å². The molecule has 152 valence electrons. The van der Waals surface area contributed by atoms with Crippen LogP contribution in [0.2, 0.25) is 0 Å². The largest absolute Gasteiger partial charge is 0.341 e. The van der Waals surface area contributed by atoms with Crippen molar-refractivity contribution in [3.05, 3.63) is 29.3 Å². The second-order valence-electron chi connectivity index (χ2n) is 8.47. The Morgan fingerprint density at radius 3 is 2.37 bits per heavy atom. The molecule has 2 aliphatic rings. The summed E-state index contributed by atoms with van der Waals surface area (Å²) in [5.74, 6) is -0.215. The zero-order chi connectivity index (χ0) is 19.2. The number of amides is 1. The number of halogens is 1. The molecular weight excluding hydrogens is 384 g/mol. The minimum Gasteiger partial charge on any atom is -0.341 e. The quantitative estimate of drug-likeness (QED) is 0.821. The molecule has 1 aliphatic heterocycles. The highest BCUT2D eigenvalue weighted by atomic mass is 35.5. The van der Waals surface area contributed by atoms with Crippen molar-refractivity contribution in [1.82, 2.24) is 4.90 Å². The first kappa shape index (κ1) is 22.2. The molecule has 1 saturated carbocycles. The van der Waals surface area contributed by atoms with E-state index in [4.69, 9.17) is 5.73 Å². The molecule has 1 atom stereocenters. The molecule has 1 unspecified atom stereocenters. The summed E-state index contributed by atoms with van der Waals surface area (Å²) in [6.45, 7) is 7.41. The van der Waals surface area contributed by atoms with Crippen LogP contribution < -0.4 is 5.73 Å². The summed E-state index contributed by atoms with van der Waals surface area (Å²) in [5, 5.41) is 0. The van der Waals surface area contributed by atoms with Crippen LogP contribution in [0.5, 0.6) is 0 Å². The van der Waals surface area contributed by atoms with Gasteiger partial charge >= 0.3 is 0 Å². The molecular formula is C20H31ClN2O3S. The summed E-state index contributed by atoms with van der Waals surface area (Å²) in [5.41, 5.74) is 7.37. The van der Waals surface area contributed by atoms with Gasteiger partial charge in [0.1, 0.15) is 0 Å². The molecule has 5 nitrogen and oxygen atoms in total. The number of likely N-dealkylation sites (tertiary alicyclic amines) is 1. The molecule has 1 aliphatic carbocycles. The third-order valence-electron chi connectivity index (χ3n) is 6.29. The number of hydrogen-bond acceptors (Lipinski definition) is 4. The Morgan fingerprint density at radius 1 is 1.19 bits per heavy atom. The van der Waals surface area contributed by atoms with E-state index in [1.807, 2.05) is 19.1 Å². The van der Waals surface area contributed by atoms with Crippen molar-refractivity contribution in [3.8, 4) is 0 Å². The lowest BCUT2D eigenvalue weighted by Crippen LogP contribution is -2.52. The fraction of sp³-hybridized carbons (Fsp3) is 0.650. The molecule has 1 amide bonds. The summed E-state index contributed by atoms with van der Waals surface area (Å²) in [6, 6.07) is 5.45. The van der Waals surface area contributed by atoms with Crippen LogP contribution in [0.3, 0.4) is 0 Å². The fourth-order valence-corrected chi connectivity index (χ4v) is 6.84. The van der Waals surface area contributed by atoms with Crippen LogP contribution in [0.15, 0.2) is 23.1 Å². The maximum absolute atomic E-state index is 13.7. The summed E-state index contributed by atoms with van der Waals surface area (Å²) >= 11 is 0. The van der Waals surface area contributed by atoms with E-state index in [1.165, 1.54) is 0 Å². The average Bonchev–Trinajstić information content (AvgIpc) is 3.25. The number of nitrogens with two attached hydrogens (primary N) is 1. The molecule has 1 saturated heterocycles. The van der Waals surface area contributed by atoms with Gasteiger partial charge in [0.2, 0.25) is 5.91 Å². The maximum Gasteiger partial charge on any atom is 0.244 e. The summed E-state index contributed by atoms with van der Waals surface area (Å²) in [4.78, 5) is 15.6. The number of sulfone groups is 1. The standard InChI is InChI=1S/C20H30N2O3S.ClH/c1-15-6-7-16(2)17(12-15)26(24,25)20(8-4-5-9-20)18(23)22-11-10-19(3,13-21)14-22;/h6-7,12H,4-5,8-11,13-14,21H2,1-3H3;1H. The topological polar surface area (TPSA) is 80.5 Å². The van der Waals surface area contributed by atoms with Crippen molar-refractivity contribution in [2.24, 2.45) is 11.1 Å². The molecule has 1 aromatic carbocycles. The van der Waals surface area contributed by atoms with E-state index in [0.717, 1.165) is 24.8 Å². The van der Waals surface area contributed by atoms with Crippen LogP contribution in [-0.4, -0.2) is 43.6 Å². The monoisotopic (exact) mass is 414 g/mol. The van der Waals surface area contributed by atoms with Crippen LogP contribution >= 0.6 is 12.4 Å². The van der Waals surface area contributed by atoms with Gasteiger partial charge in [-0.05, 0) is 62.3 Å². The predicted octanol–water partition coefficient (Wildman–Crippen LogP) is 3.01. The van der Waals surface area contributed by atoms with E-state index in [0.29, 0.717) is 42.9 Å². The first-order valence-corrected chi connectivity index (χ1v) is 10.9. The van der Waals surface area contributed by atoms with Gasteiger partial charge < -0.3 is 10.6 Å². The molecule has 2 N–H and O–H groups in total. The fourth-order valence-electron chi connectivity index (χ4n) is 4.40. The lowest BCUT2D eigenvalue weighted by Gasteiger charge is -2.33. The Kier molecular flexibility index (Phi) is 6.34. The van der Waals surface area contributed by atoms with E-state index in [2.05, 4.69) is 6.92 Å². The highest BCUT2D eigenvalue weighted by Crippen LogP contribution is 2.44. The summed E-state index contributed by atoms with van der Waals surface area (Å²) in [7, 11) is -3.76. The molecule has 3 rings (SSSR count). The van der Waals surface area contributed by atoms with Crippen molar-refractivity contribution in [1.29, 1.82) is 0 Å². The Labute approximate surface area is 169 Å². The average molecular weight is 415 g/mol. The molecule has 27 heavy (non-hydrogen) atoms. The smallest absolute Gasteiger partial charge is 0.244 e. The minimum atomic E-state index is -3.76. The molecule has 1 heterocycles. The number of aryl methyl sites for hydroxylation is 2. The van der Waals surface area contributed by atoms with E-state index in [1.54, 1.807) is 17.9 Å². The van der Waals surface area contributed by atoms with Crippen LogP contribution in [0.4, 0.5) is 0 Å². The molecule has 0 radical (unpaired) electrons. The molecule has 0 bridgehead atoms. The molecule has 0 aromatic heterocycles. The highest BCUT2D eigenvalue weighted by Gasteiger charge is 2.56. The van der Waals surface area contributed by atoms with Gasteiger partial charge in [-0.3, -0.25) is 4.79 Å². The van der Waals surface area contributed by atoms with E-state index in [9.17, 15) is 13.2 Å². The van der Waals surface area contributed by atoms with Gasteiger partial charge in [0, 0.05) is 13.1 Å². The van der Waals surface area contributed by atoms with E-state index < -0.39 is 14.6 Å². The number of rotatable bonds is 4. The highest BCUT2D eigenvalue weighted by molar-refractivity contribution is 7.93. The predicted molar refractivity (Wildman–Crippen MR) is 110 cm³/mol. The van der Waals surface area contributed by atoms with E-state index >= 15 is 0 Å². The Balaban J connectivity index is 0.00000261. The van der Waals surface area contributed by atoms with E-state index in [-0.39, 0.29) is 23.7 Å². The lowest BCUT2D eigenvalue weighted by molar-refractivity contribution is -0.133. The summed E-state index contributed by atoms with van der Waals surface area (Å²) in [6.07, 6.45) is 3.21. The lowest BCUT2D eigenvalue weighted by atomic mass is 9.90. The van der Waals surface area contributed by atoms with Gasteiger partial charge in [-0.1, -0.05) is 31.9 Å². The Bertz CT molecular complexity index is 819. The summed E-state index contributed by atoms with van der Waals surface area (Å²) < 4.78 is 26.1. The van der Waals surface area contributed by atoms with Gasteiger partial charge in [-0.2, -0.15) is 0 Å². The first-order valence-electron chi connectivity index (χ1n) is 9.47. The van der Waals surface area contributed by atoms with Gasteiger partial charge in [0.25, 0.3) is 0 Å². The van der Waals surface area contributed by atoms with Crippen LogP contribution in [0.1, 0.15) is 50.2 Å². The normalized spacial score (nSPS) is 24.7. The van der Waals surface area contributed by atoms with Gasteiger partial charge in [-0.15, -0.1) is 12.4 Å². The van der Waals surface area contributed by atoms with Crippen molar-refractivity contribution in [2.45, 2.75) is 62.5 Å². The van der Waals surface area contributed by atoms with Crippen LogP contribution in [0.25, 0.3) is 0 Å². The number of benzene rings is 1. The SMILES string of the molecule is Cc1ccc(C)c(S(=O)(=O)C2(C(=O)N3CCC(C)(CN)C3)CCCC2)c1.Cl. The Hall–Kier alpha value is -1.11. The third-order valence-corrected chi connectivity index (χ3v) is 8.92. The number of nitrogens with zero attached hydrogens (tertiary/aromatic N) is 1. The molecule has 0 spiro atoms. The van der Waals surface area contributed by atoms with Crippen molar-refractivity contribution in [3.63, 3.8) is 0 Å². The molecule has 7 heteroatoms. The molecule has 2 fully saturated rings. The Morgan fingerprint density at radius 2 is 1.81 bits per heavy atom. The number of carbonyl (C=O) groups excluding carboxylic acids is 1. The second-order valence-corrected chi connectivity index (χ2v) is 10.7. The maximum atomic E-state index is 13.7. The van der Waals surface area contributed by atoms with Crippen LogP contribution in [-0.2, 0) is 14.6 Å². The zero-order valence-electron chi connectivity index (χ0n) is 16.5. The van der Waals surface area contributed by atoms with Crippen LogP contribution in [0, 0.1) is 19.3 Å². The van der Waals surface area contributed by atoms with Gasteiger partial charge in [0.15, 0.2) is 14.6 Å². The minimum absolute atomic E-state index is 0. The molecule has 1 aromatic rings. The first-order chi connectivity index (χ1) is 12.2. The second kappa shape index (κ2) is 7.72. The zero-order valence-corrected chi connectivity index (χ0v) is 18.1. The van der Waals surface area contributed by atoms with Crippen molar-refractivity contribution in [2.75, 3.05) is 19.6 Å². The van der Waals surface area contributed by atoms with Gasteiger partial charge in [0.05, 0.1) is 4.90 Å². The third kappa shape index (κ3) is 3.64. The van der Waals surface area contributed by atoms with Crippen molar-refractivity contribution >= 4 is 28.2 Å². The number of carbonyl (C=O) groups is 1.